The van der Waals surface area contributed by atoms with Crippen LogP contribution in [-0.2, 0) is 16.6 Å². The van der Waals surface area contributed by atoms with Gasteiger partial charge < -0.3 is 4.57 Å². The molecule has 0 aliphatic heterocycles. The van der Waals surface area contributed by atoms with Gasteiger partial charge in [-0.25, -0.2) is 13.6 Å². The van der Waals surface area contributed by atoms with E-state index in [1.54, 1.807) is 4.57 Å². The standard InChI is InChI=1S/C10H18N4O2S/c1-2-7-14-9(8-5-3-4-6-8)12-13-10(14)17(11,15)16/h8H,2-7H2,1H3,(H2,11,15,16). The molecule has 1 heterocycles. The van der Waals surface area contributed by atoms with Crippen LogP contribution in [0.15, 0.2) is 5.16 Å². The molecule has 1 fully saturated rings. The van der Waals surface area contributed by atoms with Crippen molar-refractivity contribution in [2.45, 2.75) is 56.6 Å². The maximum absolute atomic E-state index is 11.4. The Morgan fingerprint density at radius 3 is 2.53 bits per heavy atom. The van der Waals surface area contributed by atoms with Crippen molar-refractivity contribution in [1.82, 2.24) is 14.8 Å². The molecule has 17 heavy (non-hydrogen) atoms. The van der Waals surface area contributed by atoms with Gasteiger partial charge in [0.05, 0.1) is 0 Å². The highest BCUT2D eigenvalue weighted by Gasteiger charge is 2.27. The molecule has 1 aromatic rings. The van der Waals surface area contributed by atoms with E-state index in [1.807, 2.05) is 6.92 Å². The number of hydrogen-bond donors (Lipinski definition) is 1. The zero-order chi connectivity index (χ0) is 12.5. The molecule has 0 spiro atoms. The van der Waals surface area contributed by atoms with Gasteiger partial charge in [0.1, 0.15) is 5.82 Å². The van der Waals surface area contributed by atoms with E-state index < -0.39 is 10.0 Å². The Morgan fingerprint density at radius 1 is 1.35 bits per heavy atom. The van der Waals surface area contributed by atoms with E-state index in [1.165, 1.54) is 12.8 Å². The summed E-state index contributed by atoms with van der Waals surface area (Å²) in [6.45, 7) is 2.59. The molecule has 0 bridgehead atoms. The number of rotatable bonds is 4. The van der Waals surface area contributed by atoms with Crippen molar-refractivity contribution < 1.29 is 8.42 Å². The summed E-state index contributed by atoms with van der Waals surface area (Å²) in [5.74, 6) is 1.12. The molecule has 1 aromatic heterocycles. The van der Waals surface area contributed by atoms with Gasteiger partial charge in [-0.15, -0.1) is 10.2 Å². The monoisotopic (exact) mass is 258 g/mol. The summed E-state index contributed by atoms with van der Waals surface area (Å²) in [6.07, 6.45) is 5.31. The lowest BCUT2D eigenvalue weighted by Gasteiger charge is -2.11. The van der Waals surface area contributed by atoms with Crippen LogP contribution in [0.1, 0.15) is 50.8 Å². The fraction of sp³-hybridized carbons (Fsp3) is 0.800. The average Bonchev–Trinajstić information content (AvgIpc) is 2.82. The first-order valence-corrected chi connectivity index (χ1v) is 7.54. The Bertz CT molecular complexity index is 488. The third-order valence-corrected chi connectivity index (χ3v) is 3.98. The lowest BCUT2D eigenvalue weighted by Crippen LogP contribution is -2.20. The maximum Gasteiger partial charge on any atom is 0.273 e. The summed E-state index contributed by atoms with van der Waals surface area (Å²) in [5.41, 5.74) is 0. The molecule has 0 saturated heterocycles. The third kappa shape index (κ3) is 2.50. The summed E-state index contributed by atoms with van der Waals surface area (Å²) in [6, 6.07) is 0. The summed E-state index contributed by atoms with van der Waals surface area (Å²) in [7, 11) is -3.78. The Balaban J connectivity index is 2.42. The first-order chi connectivity index (χ1) is 8.04. The molecule has 0 amide bonds. The van der Waals surface area contributed by atoms with Crippen LogP contribution in [0.3, 0.4) is 0 Å². The van der Waals surface area contributed by atoms with E-state index in [0.29, 0.717) is 12.5 Å². The highest BCUT2D eigenvalue weighted by Crippen LogP contribution is 2.33. The van der Waals surface area contributed by atoms with E-state index in [2.05, 4.69) is 10.2 Å². The number of aromatic nitrogens is 3. The van der Waals surface area contributed by atoms with Gasteiger partial charge >= 0.3 is 0 Å². The number of nitrogens with two attached hydrogens (primary N) is 1. The van der Waals surface area contributed by atoms with Crippen LogP contribution in [0.5, 0.6) is 0 Å². The highest BCUT2D eigenvalue weighted by molar-refractivity contribution is 7.89. The van der Waals surface area contributed by atoms with Gasteiger partial charge in [-0.2, -0.15) is 0 Å². The van der Waals surface area contributed by atoms with Crippen LogP contribution in [-0.4, -0.2) is 23.2 Å². The SMILES string of the molecule is CCCn1c(C2CCCC2)nnc1S(N)(=O)=O. The zero-order valence-corrected chi connectivity index (χ0v) is 10.8. The molecule has 2 N–H and O–H groups in total. The van der Waals surface area contributed by atoms with Crippen LogP contribution in [0.25, 0.3) is 0 Å². The van der Waals surface area contributed by atoms with Crippen molar-refractivity contribution in [3.05, 3.63) is 5.82 Å². The Hall–Kier alpha value is -0.950. The van der Waals surface area contributed by atoms with Crippen LogP contribution in [0.4, 0.5) is 0 Å². The molecule has 0 unspecified atom stereocenters. The lowest BCUT2D eigenvalue weighted by molar-refractivity contribution is 0.526. The van der Waals surface area contributed by atoms with Gasteiger partial charge in [-0.05, 0) is 19.3 Å². The molecule has 96 valence electrons. The number of nitrogens with zero attached hydrogens (tertiary/aromatic N) is 3. The molecule has 1 saturated carbocycles. The van der Waals surface area contributed by atoms with Crippen LogP contribution in [0, 0.1) is 0 Å². The number of sulfonamides is 1. The smallest absolute Gasteiger partial charge is 0.273 e. The molecule has 0 radical (unpaired) electrons. The topological polar surface area (TPSA) is 90.9 Å². The van der Waals surface area contributed by atoms with Crippen molar-refractivity contribution in [3.63, 3.8) is 0 Å². The van der Waals surface area contributed by atoms with Gasteiger partial charge in [-0.3, -0.25) is 0 Å². The van der Waals surface area contributed by atoms with E-state index >= 15 is 0 Å². The van der Waals surface area contributed by atoms with Gasteiger partial charge in [0.15, 0.2) is 0 Å². The molecule has 7 heteroatoms. The van der Waals surface area contributed by atoms with Crippen LogP contribution < -0.4 is 5.14 Å². The predicted octanol–water partition coefficient (Wildman–Crippen LogP) is 0.993. The zero-order valence-electron chi connectivity index (χ0n) is 9.96. The molecule has 1 aliphatic carbocycles. The quantitative estimate of drug-likeness (QED) is 0.872. The molecule has 1 aliphatic rings. The summed E-state index contributed by atoms with van der Waals surface area (Å²) in [5, 5.41) is 12.8. The molecular formula is C10H18N4O2S. The minimum Gasteiger partial charge on any atom is -0.301 e. The van der Waals surface area contributed by atoms with Crippen molar-refractivity contribution in [2.75, 3.05) is 0 Å². The summed E-state index contributed by atoms with van der Waals surface area (Å²) < 4.78 is 24.5. The van der Waals surface area contributed by atoms with Crippen molar-refractivity contribution >= 4 is 10.0 Å². The Kier molecular flexibility index (Phi) is 3.48. The minimum absolute atomic E-state index is 0.0961. The second-order valence-corrected chi connectivity index (χ2v) is 5.97. The van der Waals surface area contributed by atoms with Crippen molar-refractivity contribution in [2.24, 2.45) is 5.14 Å². The minimum atomic E-state index is -3.78. The molecular weight excluding hydrogens is 240 g/mol. The first-order valence-electron chi connectivity index (χ1n) is 6.00. The molecule has 0 atom stereocenters. The number of primary sulfonamides is 1. The molecule has 0 aromatic carbocycles. The largest absolute Gasteiger partial charge is 0.301 e. The molecule has 6 nitrogen and oxygen atoms in total. The van der Waals surface area contributed by atoms with Gasteiger partial charge in [0, 0.05) is 12.5 Å². The molecule has 2 rings (SSSR count). The number of hydrogen-bond acceptors (Lipinski definition) is 4. The maximum atomic E-state index is 11.4. The van der Waals surface area contributed by atoms with Crippen molar-refractivity contribution in [1.29, 1.82) is 0 Å². The normalized spacial score (nSPS) is 17.8. The third-order valence-electron chi connectivity index (χ3n) is 3.17. The van der Waals surface area contributed by atoms with Gasteiger partial charge in [0.25, 0.3) is 15.2 Å². The fourth-order valence-electron chi connectivity index (χ4n) is 2.43. The summed E-state index contributed by atoms with van der Waals surface area (Å²) in [4.78, 5) is 0. The first kappa shape index (κ1) is 12.5. The van der Waals surface area contributed by atoms with E-state index in [-0.39, 0.29) is 5.16 Å². The lowest BCUT2D eigenvalue weighted by atomic mass is 10.1. The van der Waals surface area contributed by atoms with Gasteiger partial charge in [0.2, 0.25) is 0 Å². The Labute approximate surface area is 101 Å². The fourth-order valence-corrected chi connectivity index (χ4v) is 3.08. The average molecular weight is 258 g/mol. The predicted molar refractivity (Wildman–Crippen MR) is 62.9 cm³/mol. The second kappa shape index (κ2) is 4.73. The van der Waals surface area contributed by atoms with Gasteiger partial charge in [-0.1, -0.05) is 19.8 Å². The highest BCUT2D eigenvalue weighted by atomic mass is 32.2. The van der Waals surface area contributed by atoms with Crippen LogP contribution >= 0.6 is 0 Å². The van der Waals surface area contributed by atoms with E-state index in [0.717, 1.165) is 25.1 Å². The summed E-state index contributed by atoms with van der Waals surface area (Å²) >= 11 is 0. The van der Waals surface area contributed by atoms with Crippen LogP contribution in [0.2, 0.25) is 0 Å². The van der Waals surface area contributed by atoms with Crippen molar-refractivity contribution in [3.8, 4) is 0 Å². The van der Waals surface area contributed by atoms with E-state index in [9.17, 15) is 8.42 Å². The van der Waals surface area contributed by atoms with E-state index in [4.69, 9.17) is 5.14 Å². The second-order valence-electron chi connectivity index (χ2n) is 4.52. The Morgan fingerprint density at radius 2 is 2.00 bits per heavy atom.